The van der Waals surface area contributed by atoms with Crippen LogP contribution in [-0.2, 0) is 27.4 Å². The zero-order chi connectivity index (χ0) is 21.6. The molecule has 2 heterocycles. The molecule has 0 radical (unpaired) electrons. The summed E-state index contributed by atoms with van der Waals surface area (Å²) < 4.78 is 0. The van der Waals surface area contributed by atoms with Crippen LogP contribution in [0.15, 0.2) is 72.8 Å². The number of para-hydroxylation sites is 1. The van der Waals surface area contributed by atoms with E-state index < -0.39 is 4.87 Å². The van der Waals surface area contributed by atoms with E-state index in [0.717, 1.165) is 28.9 Å². The van der Waals surface area contributed by atoms with Gasteiger partial charge >= 0.3 is 0 Å². The summed E-state index contributed by atoms with van der Waals surface area (Å²) in [6, 6.07) is 23.2. The van der Waals surface area contributed by atoms with Crippen LogP contribution in [0.5, 0.6) is 0 Å². The number of hydrogen-bond acceptors (Lipinski definition) is 3. The van der Waals surface area contributed by atoms with Gasteiger partial charge in [-0.25, -0.2) is 0 Å². The number of thioether (sulfide) groups is 1. The maximum atomic E-state index is 14.0. The molecular formula is C25H21ClN2O2S. The molecule has 0 aliphatic carbocycles. The highest BCUT2D eigenvalue weighted by atomic mass is 35.5. The molecule has 2 aliphatic rings. The minimum absolute atomic E-state index is 0.0583. The number of aryl methyl sites for hydroxylation is 1. The van der Waals surface area contributed by atoms with Crippen molar-refractivity contribution in [2.45, 2.75) is 24.8 Å². The van der Waals surface area contributed by atoms with Crippen molar-refractivity contribution < 1.29 is 9.59 Å². The molecule has 0 N–H and O–H groups in total. The van der Waals surface area contributed by atoms with E-state index in [1.54, 1.807) is 9.80 Å². The highest BCUT2D eigenvalue weighted by Crippen LogP contribution is 2.56. The molecule has 156 valence electrons. The van der Waals surface area contributed by atoms with Crippen LogP contribution in [0.2, 0.25) is 5.02 Å². The van der Waals surface area contributed by atoms with Crippen LogP contribution in [0.3, 0.4) is 0 Å². The molecule has 5 rings (SSSR count). The van der Waals surface area contributed by atoms with Crippen LogP contribution >= 0.6 is 23.4 Å². The van der Waals surface area contributed by atoms with Crippen molar-refractivity contribution in [3.05, 3.63) is 94.5 Å². The molecule has 1 spiro atoms. The lowest BCUT2D eigenvalue weighted by Gasteiger charge is -2.33. The van der Waals surface area contributed by atoms with Crippen LogP contribution in [0.1, 0.15) is 23.6 Å². The molecule has 0 aromatic heterocycles. The number of nitrogens with zero attached hydrogens (tertiary/aromatic N) is 2. The Morgan fingerprint density at radius 1 is 0.968 bits per heavy atom. The summed E-state index contributed by atoms with van der Waals surface area (Å²) in [5.41, 5.74) is 4.48. The zero-order valence-corrected chi connectivity index (χ0v) is 18.6. The number of amides is 2. The summed E-state index contributed by atoms with van der Waals surface area (Å²) in [5.74, 6) is 0.0938. The largest absolute Gasteiger partial charge is 0.304 e. The summed E-state index contributed by atoms with van der Waals surface area (Å²) >= 11 is 7.79. The molecule has 3 aromatic rings. The van der Waals surface area contributed by atoms with Crippen LogP contribution < -0.4 is 9.80 Å². The Hall–Kier alpha value is -2.76. The number of carbonyl (C=O) groups is 2. The van der Waals surface area contributed by atoms with E-state index in [1.165, 1.54) is 17.3 Å². The highest BCUT2D eigenvalue weighted by molar-refractivity contribution is 8.02. The minimum atomic E-state index is -1.09. The third-order valence-corrected chi connectivity index (χ3v) is 7.71. The minimum Gasteiger partial charge on any atom is -0.304 e. The predicted molar refractivity (Wildman–Crippen MR) is 127 cm³/mol. The first-order chi connectivity index (χ1) is 15.1. The van der Waals surface area contributed by atoms with E-state index >= 15 is 0 Å². The van der Waals surface area contributed by atoms with Crippen molar-refractivity contribution in [2.24, 2.45) is 0 Å². The first-order valence-corrected chi connectivity index (χ1v) is 11.6. The van der Waals surface area contributed by atoms with Crippen molar-refractivity contribution in [3.63, 3.8) is 0 Å². The fourth-order valence-corrected chi connectivity index (χ4v) is 5.95. The van der Waals surface area contributed by atoms with Gasteiger partial charge in [-0.3, -0.25) is 14.5 Å². The first kappa shape index (κ1) is 20.2. The molecule has 0 unspecified atom stereocenters. The maximum absolute atomic E-state index is 14.0. The molecule has 0 saturated carbocycles. The lowest BCUT2D eigenvalue weighted by molar-refractivity contribution is -0.123. The van der Waals surface area contributed by atoms with Crippen molar-refractivity contribution in [3.8, 4) is 0 Å². The Morgan fingerprint density at radius 3 is 2.42 bits per heavy atom. The molecule has 6 heteroatoms. The fourth-order valence-electron chi connectivity index (χ4n) is 4.39. The average Bonchev–Trinajstić information content (AvgIpc) is 3.26. The van der Waals surface area contributed by atoms with Gasteiger partial charge in [0.15, 0.2) is 0 Å². The Labute approximate surface area is 190 Å². The zero-order valence-electron chi connectivity index (χ0n) is 17.0. The third kappa shape index (κ3) is 3.07. The topological polar surface area (TPSA) is 40.6 Å². The van der Waals surface area contributed by atoms with Gasteiger partial charge in [-0.1, -0.05) is 67.1 Å². The van der Waals surface area contributed by atoms with E-state index in [1.807, 2.05) is 72.8 Å². The standard InChI is InChI=1S/C25H21ClN2O2S/c1-2-17-11-13-19(14-12-17)28-23(29)16-31-25(28)20-8-4-6-10-22(20)27(24(25)30)15-18-7-3-5-9-21(18)26/h3-14H,2,15-16H2,1H3/t25-/m1/s1. The molecule has 31 heavy (non-hydrogen) atoms. The number of anilines is 2. The molecule has 1 atom stereocenters. The van der Waals surface area contributed by atoms with Gasteiger partial charge in [-0.05, 0) is 41.8 Å². The van der Waals surface area contributed by atoms with Crippen molar-refractivity contribution in [2.75, 3.05) is 15.6 Å². The molecule has 3 aromatic carbocycles. The molecule has 1 saturated heterocycles. The number of halogens is 1. The highest BCUT2D eigenvalue weighted by Gasteiger charge is 2.60. The van der Waals surface area contributed by atoms with Crippen molar-refractivity contribution >= 4 is 46.6 Å². The normalized spacial score (nSPS) is 20.1. The van der Waals surface area contributed by atoms with Crippen LogP contribution in [0, 0.1) is 0 Å². The second-order valence-corrected chi connectivity index (χ2v) is 9.26. The molecule has 1 fully saturated rings. The van der Waals surface area contributed by atoms with E-state index in [-0.39, 0.29) is 17.6 Å². The van der Waals surface area contributed by atoms with Gasteiger partial charge in [0.1, 0.15) is 0 Å². The maximum Gasteiger partial charge on any atom is 0.269 e. The quantitative estimate of drug-likeness (QED) is 0.537. The van der Waals surface area contributed by atoms with E-state index in [0.29, 0.717) is 11.6 Å². The Balaban J connectivity index is 1.63. The van der Waals surface area contributed by atoms with Gasteiger partial charge < -0.3 is 4.90 Å². The first-order valence-electron chi connectivity index (χ1n) is 10.3. The van der Waals surface area contributed by atoms with E-state index in [2.05, 4.69) is 6.92 Å². The number of carbonyl (C=O) groups excluding carboxylic acids is 2. The lowest BCUT2D eigenvalue weighted by atomic mass is 10.0. The number of hydrogen-bond donors (Lipinski definition) is 0. The summed E-state index contributed by atoms with van der Waals surface area (Å²) in [6.07, 6.45) is 0.918. The monoisotopic (exact) mass is 448 g/mol. The van der Waals surface area contributed by atoms with E-state index in [9.17, 15) is 9.59 Å². The molecule has 2 amide bonds. The summed E-state index contributed by atoms with van der Waals surface area (Å²) in [6.45, 7) is 2.45. The van der Waals surface area contributed by atoms with Gasteiger partial charge in [-0.2, -0.15) is 0 Å². The van der Waals surface area contributed by atoms with Crippen LogP contribution in [0.4, 0.5) is 11.4 Å². The predicted octanol–water partition coefficient (Wildman–Crippen LogP) is 5.38. The second kappa shape index (κ2) is 7.74. The van der Waals surface area contributed by atoms with Crippen molar-refractivity contribution in [1.82, 2.24) is 0 Å². The Bertz CT molecular complexity index is 1180. The second-order valence-electron chi connectivity index (χ2n) is 7.68. The smallest absolute Gasteiger partial charge is 0.269 e. The molecule has 0 bridgehead atoms. The van der Waals surface area contributed by atoms with Gasteiger partial charge in [-0.15, -0.1) is 11.8 Å². The number of fused-ring (bicyclic) bond motifs is 2. The molecule has 2 aliphatic heterocycles. The third-order valence-electron chi connectivity index (χ3n) is 5.95. The van der Waals surface area contributed by atoms with Gasteiger partial charge in [0.05, 0.1) is 18.0 Å². The number of rotatable bonds is 4. The lowest BCUT2D eigenvalue weighted by Crippen LogP contribution is -2.49. The fraction of sp³-hybridized carbons (Fsp3) is 0.200. The average molecular weight is 449 g/mol. The Kier molecular flexibility index (Phi) is 5.03. The SMILES string of the molecule is CCc1ccc(N2C(=O)CS[C@]23C(=O)N(Cc2ccccc2Cl)c2ccccc23)cc1. The summed E-state index contributed by atoms with van der Waals surface area (Å²) in [4.78, 5) is 29.5. The summed E-state index contributed by atoms with van der Waals surface area (Å²) in [7, 11) is 0. The Morgan fingerprint density at radius 2 is 1.68 bits per heavy atom. The van der Waals surface area contributed by atoms with Gasteiger partial charge in [0, 0.05) is 16.3 Å². The van der Waals surface area contributed by atoms with Crippen molar-refractivity contribution in [1.29, 1.82) is 0 Å². The van der Waals surface area contributed by atoms with Crippen LogP contribution in [-0.4, -0.2) is 17.6 Å². The van der Waals surface area contributed by atoms with E-state index in [4.69, 9.17) is 11.6 Å². The number of benzene rings is 3. The molecular weight excluding hydrogens is 428 g/mol. The molecule has 4 nitrogen and oxygen atoms in total. The van der Waals surface area contributed by atoms with Crippen LogP contribution in [0.25, 0.3) is 0 Å². The summed E-state index contributed by atoms with van der Waals surface area (Å²) in [5, 5.41) is 0.621. The van der Waals surface area contributed by atoms with Gasteiger partial charge in [0.2, 0.25) is 10.8 Å². The van der Waals surface area contributed by atoms with Gasteiger partial charge in [0.25, 0.3) is 5.91 Å².